The molecule has 22 heavy (non-hydrogen) atoms. The van der Waals surface area contributed by atoms with E-state index in [0.29, 0.717) is 10.8 Å². The van der Waals surface area contributed by atoms with Crippen LogP contribution in [-0.4, -0.2) is 11.6 Å². The summed E-state index contributed by atoms with van der Waals surface area (Å²) in [7, 11) is 0. The van der Waals surface area contributed by atoms with Crippen LogP contribution in [0.1, 0.15) is 63.9 Å². The molecule has 5 rings (SSSR count). The molecule has 4 bridgehead atoms. The fraction of sp³-hybridized carbons (Fsp3) is 0.700. The summed E-state index contributed by atoms with van der Waals surface area (Å²) in [6, 6.07) is 11.4. The predicted molar refractivity (Wildman–Crippen MR) is 91.5 cm³/mol. The molecule has 1 aromatic rings. The van der Waals surface area contributed by atoms with E-state index in [0.717, 1.165) is 18.8 Å². The number of nitrogens with two attached hydrogens (primary N) is 2. The van der Waals surface area contributed by atoms with Crippen LogP contribution in [0.25, 0.3) is 0 Å². The van der Waals surface area contributed by atoms with E-state index in [-0.39, 0.29) is 11.6 Å². The van der Waals surface area contributed by atoms with Gasteiger partial charge in [0.25, 0.3) is 0 Å². The van der Waals surface area contributed by atoms with Gasteiger partial charge in [0.2, 0.25) is 0 Å². The van der Waals surface area contributed by atoms with Gasteiger partial charge >= 0.3 is 0 Å². The summed E-state index contributed by atoms with van der Waals surface area (Å²) in [6.45, 7) is 2.29. The summed E-state index contributed by atoms with van der Waals surface area (Å²) in [6.07, 6.45) is 9.98. The lowest BCUT2D eigenvalue weighted by Crippen LogP contribution is -2.75. The van der Waals surface area contributed by atoms with Crippen molar-refractivity contribution in [2.75, 3.05) is 0 Å². The number of hydrogen-bond donors (Lipinski definition) is 2. The van der Waals surface area contributed by atoms with Crippen molar-refractivity contribution < 1.29 is 0 Å². The second kappa shape index (κ2) is 4.82. The average molecular weight is 298 g/mol. The zero-order valence-electron chi connectivity index (χ0n) is 13.9. The van der Waals surface area contributed by atoms with Gasteiger partial charge in [0.1, 0.15) is 0 Å². The fourth-order valence-corrected chi connectivity index (χ4v) is 6.61. The maximum absolute atomic E-state index is 6.92. The van der Waals surface area contributed by atoms with Crippen molar-refractivity contribution in [3.8, 4) is 0 Å². The van der Waals surface area contributed by atoms with Gasteiger partial charge in [-0.2, -0.15) is 0 Å². The summed E-state index contributed by atoms with van der Waals surface area (Å²) in [5.74, 6) is 0.782. The van der Waals surface area contributed by atoms with Gasteiger partial charge in [0.05, 0.1) is 0 Å². The van der Waals surface area contributed by atoms with E-state index in [1.54, 1.807) is 0 Å². The molecule has 0 spiro atoms. The van der Waals surface area contributed by atoms with Crippen molar-refractivity contribution in [1.29, 1.82) is 0 Å². The zero-order valence-corrected chi connectivity index (χ0v) is 13.9. The van der Waals surface area contributed by atoms with Gasteiger partial charge in [-0.25, -0.2) is 0 Å². The van der Waals surface area contributed by atoms with E-state index in [1.807, 2.05) is 0 Å². The third kappa shape index (κ3) is 1.93. The molecule has 5 unspecified atom stereocenters. The second-order valence-electron chi connectivity index (χ2n) is 8.66. The van der Waals surface area contributed by atoms with E-state index in [2.05, 4.69) is 37.3 Å². The molecule has 2 nitrogen and oxygen atoms in total. The van der Waals surface area contributed by atoms with Crippen molar-refractivity contribution in [2.24, 2.45) is 22.8 Å². The summed E-state index contributed by atoms with van der Waals surface area (Å²) in [5, 5.41) is 0. The SMILES string of the molecule is CCCCC12CC3CC(c4ccccc4)(CC(N)(C3)C1N)C2. The minimum absolute atomic E-state index is 0.136. The molecule has 4 fully saturated rings. The first-order valence-corrected chi connectivity index (χ1v) is 9.12. The van der Waals surface area contributed by atoms with Gasteiger partial charge in [0, 0.05) is 11.6 Å². The van der Waals surface area contributed by atoms with Crippen LogP contribution in [0, 0.1) is 11.3 Å². The zero-order chi connectivity index (χ0) is 15.4. The molecule has 0 amide bonds. The molecule has 4 saturated carbocycles. The van der Waals surface area contributed by atoms with E-state index in [4.69, 9.17) is 11.5 Å². The monoisotopic (exact) mass is 298 g/mol. The van der Waals surface area contributed by atoms with E-state index < -0.39 is 0 Å². The van der Waals surface area contributed by atoms with E-state index >= 15 is 0 Å². The molecule has 4 aliphatic rings. The van der Waals surface area contributed by atoms with Crippen LogP contribution in [-0.2, 0) is 5.41 Å². The first kappa shape index (κ1) is 14.7. The average Bonchev–Trinajstić information content (AvgIpc) is 2.51. The van der Waals surface area contributed by atoms with Crippen LogP contribution in [0.15, 0.2) is 30.3 Å². The maximum atomic E-state index is 6.92. The Kier molecular flexibility index (Phi) is 3.22. The van der Waals surface area contributed by atoms with Crippen molar-refractivity contribution in [3.63, 3.8) is 0 Å². The van der Waals surface area contributed by atoms with Crippen LogP contribution < -0.4 is 11.5 Å². The lowest BCUT2D eigenvalue weighted by molar-refractivity contribution is -0.107. The highest BCUT2D eigenvalue weighted by Crippen LogP contribution is 2.67. The van der Waals surface area contributed by atoms with Crippen LogP contribution >= 0.6 is 0 Å². The van der Waals surface area contributed by atoms with E-state index in [1.165, 1.54) is 44.1 Å². The first-order chi connectivity index (χ1) is 10.5. The summed E-state index contributed by atoms with van der Waals surface area (Å²) in [5.41, 5.74) is 15.7. The Hall–Kier alpha value is -0.860. The van der Waals surface area contributed by atoms with Crippen LogP contribution in [0.5, 0.6) is 0 Å². The van der Waals surface area contributed by atoms with Gasteiger partial charge in [-0.05, 0) is 60.8 Å². The van der Waals surface area contributed by atoms with Crippen molar-refractivity contribution in [3.05, 3.63) is 35.9 Å². The molecule has 0 aromatic heterocycles. The van der Waals surface area contributed by atoms with Gasteiger partial charge < -0.3 is 11.5 Å². The molecular formula is C20H30N2. The van der Waals surface area contributed by atoms with E-state index in [9.17, 15) is 0 Å². The highest BCUT2D eigenvalue weighted by atomic mass is 14.9. The molecule has 0 aliphatic heterocycles. The summed E-state index contributed by atoms with van der Waals surface area (Å²) in [4.78, 5) is 0. The second-order valence-corrected chi connectivity index (χ2v) is 8.66. The minimum atomic E-state index is -0.136. The Morgan fingerprint density at radius 1 is 1.09 bits per heavy atom. The lowest BCUT2D eigenvalue weighted by atomic mass is 9.38. The van der Waals surface area contributed by atoms with Crippen LogP contribution in [0.2, 0.25) is 0 Å². The Morgan fingerprint density at radius 3 is 2.59 bits per heavy atom. The lowest BCUT2D eigenvalue weighted by Gasteiger charge is -2.69. The third-order valence-electron chi connectivity index (χ3n) is 7.09. The molecule has 1 aromatic carbocycles. The smallest absolute Gasteiger partial charge is 0.0324 e. The topological polar surface area (TPSA) is 52.0 Å². The molecule has 4 aliphatic carbocycles. The third-order valence-corrected chi connectivity index (χ3v) is 7.09. The Bertz CT molecular complexity index is 556. The molecule has 0 heterocycles. The molecule has 120 valence electrons. The Labute approximate surface area is 134 Å². The molecule has 2 heteroatoms. The number of rotatable bonds is 4. The standard InChI is InChI=1S/C20H30N2/c1-2-3-9-18-10-15-11-19(13-18,16-7-5-4-6-8-16)14-20(22,12-15)17(18)21/h4-8,15,17H,2-3,9-14,21-22H2,1H3. The number of hydrogen-bond acceptors (Lipinski definition) is 2. The van der Waals surface area contributed by atoms with Gasteiger partial charge in [-0.15, -0.1) is 0 Å². The fourth-order valence-electron chi connectivity index (χ4n) is 6.61. The van der Waals surface area contributed by atoms with Gasteiger partial charge in [0.15, 0.2) is 0 Å². The molecular weight excluding hydrogens is 268 g/mol. The van der Waals surface area contributed by atoms with Crippen LogP contribution in [0.3, 0.4) is 0 Å². The number of benzene rings is 1. The predicted octanol–water partition coefficient (Wildman–Crippen LogP) is 3.73. The van der Waals surface area contributed by atoms with Gasteiger partial charge in [-0.1, -0.05) is 50.1 Å². The summed E-state index contributed by atoms with van der Waals surface area (Å²) >= 11 is 0. The molecule has 5 atom stereocenters. The largest absolute Gasteiger partial charge is 0.326 e. The first-order valence-electron chi connectivity index (χ1n) is 9.12. The normalized spacial score (nSPS) is 46.1. The van der Waals surface area contributed by atoms with Crippen LogP contribution in [0.4, 0.5) is 0 Å². The minimum Gasteiger partial charge on any atom is -0.326 e. The van der Waals surface area contributed by atoms with Gasteiger partial charge in [-0.3, -0.25) is 0 Å². The Morgan fingerprint density at radius 2 is 1.86 bits per heavy atom. The summed E-state index contributed by atoms with van der Waals surface area (Å²) < 4.78 is 0. The highest BCUT2D eigenvalue weighted by Gasteiger charge is 2.66. The maximum Gasteiger partial charge on any atom is 0.0324 e. The van der Waals surface area contributed by atoms with Crippen molar-refractivity contribution >= 4 is 0 Å². The highest BCUT2D eigenvalue weighted by molar-refractivity contribution is 5.35. The Balaban J connectivity index is 1.77. The quantitative estimate of drug-likeness (QED) is 0.890. The number of unbranched alkanes of at least 4 members (excludes halogenated alkanes) is 1. The van der Waals surface area contributed by atoms with Crippen molar-refractivity contribution in [1.82, 2.24) is 0 Å². The molecule has 4 N–H and O–H groups in total. The van der Waals surface area contributed by atoms with Crippen molar-refractivity contribution in [2.45, 2.75) is 75.3 Å². The molecule has 0 saturated heterocycles. The molecule has 0 radical (unpaired) electrons.